The molecule has 0 fully saturated rings. The summed E-state index contributed by atoms with van der Waals surface area (Å²) in [4.78, 5) is 25.6. The van der Waals surface area contributed by atoms with E-state index in [1.807, 2.05) is 0 Å². The van der Waals surface area contributed by atoms with E-state index < -0.39 is 18.2 Å². The second kappa shape index (κ2) is 5.54. The van der Waals surface area contributed by atoms with Crippen molar-refractivity contribution in [2.75, 3.05) is 14.2 Å². The topological polar surface area (TPSA) is 65.0 Å². The predicted molar refractivity (Wildman–Crippen MR) is 41.9 cm³/mol. The minimum absolute atomic E-state index is 0.372. The van der Waals surface area contributed by atoms with Gasteiger partial charge in [-0.05, 0) is 0 Å². The third-order valence-electron chi connectivity index (χ3n) is 0.934. The van der Waals surface area contributed by atoms with Crippen LogP contribution in [0.2, 0.25) is 0 Å². The Morgan fingerprint density at radius 2 is 2.00 bits per heavy atom. The Morgan fingerprint density at radius 1 is 1.42 bits per heavy atom. The van der Waals surface area contributed by atoms with Crippen LogP contribution in [0.1, 0.15) is 6.42 Å². The lowest BCUT2D eigenvalue weighted by atomic mass is 10.3. The number of hydrogen-bond acceptors (Lipinski definition) is 5. The largest absolute Gasteiger partial charge is 0.469 e. The van der Waals surface area contributed by atoms with Gasteiger partial charge in [-0.3, -0.25) is 9.59 Å². The lowest BCUT2D eigenvalue weighted by Crippen LogP contribution is -2.14. The second-order valence-electron chi connectivity index (χ2n) is 1.74. The average molecular weight is 194 g/mol. The summed E-state index contributed by atoms with van der Waals surface area (Å²) < 4.78 is 4.23. The van der Waals surface area contributed by atoms with E-state index in [0.717, 1.165) is 0 Å². The molecule has 0 aliphatic rings. The van der Waals surface area contributed by atoms with Gasteiger partial charge in [0.15, 0.2) is 0 Å². The van der Waals surface area contributed by atoms with Gasteiger partial charge >= 0.3 is 5.97 Å². The number of hydrogen-bond donors (Lipinski definition) is 0. The Balaban J connectivity index is 4.04. The molecule has 0 aliphatic heterocycles. The number of esters is 1. The van der Waals surface area contributed by atoms with E-state index in [1.54, 1.807) is 0 Å². The highest BCUT2D eigenvalue weighted by molar-refractivity contribution is 6.83. The highest BCUT2D eigenvalue weighted by Gasteiger charge is 2.14. The molecule has 0 bridgehead atoms. The summed E-state index contributed by atoms with van der Waals surface area (Å²) in [5.41, 5.74) is 0. The summed E-state index contributed by atoms with van der Waals surface area (Å²) in [5.74, 6) is -1.30. The molecule has 0 N–H and O–H groups in total. The van der Waals surface area contributed by atoms with Crippen LogP contribution in [0.15, 0.2) is 5.16 Å². The van der Waals surface area contributed by atoms with Crippen molar-refractivity contribution in [2.45, 2.75) is 6.42 Å². The van der Waals surface area contributed by atoms with E-state index in [9.17, 15) is 9.59 Å². The molecule has 6 heteroatoms. The van der Waals surface area contributed by atoms with Gasteiger partial charge in [0.1, 0.15) is 13.5 Å². The molecule has 0 amide bonds. The SMILES string of the molecule is CO/N=C(\Cl)C(=O)CC(=O)OC. The van der Waals surface area contributed by atoms with Gasteiger partial charge in [0, 0.05) is 0 Å². The fourth-order valence-electron chi connectivity index (χ4n) is 0.407. The Morgan fingerprint density at radius 3 is 2.42 bits per heavy atom. The molecule has 0 aromatic rings. The van der Waals surface area contributed by atoms with E-state index in [1.165, 1.54) is 14.2 Å². The van der Waals surface area contributed by atoms with Crippen LogP contribution in [0.5, 0.6) is 0 Å². The molecule has 0 saturated carbocycles. The molecular formula is C6H8ClNO4. The van der Waals surface area contributed by atoms with Crippen molar-refractivity contribution in [1.82, 2.24) is 0 Å². The summed E-state index contributed by atoms with van der Waals surface area (Å²) in [6.07, 6.45) is -0.428. The highest BCUT2D eigenvalue weighted by Crippen LogP contribution is 1.95. The number of oxime groups is 1. The molecule has 0 aromatic heterocycles. The number of carbonyl (C=O) groups is 2. The summed E-state index contributed by atoms with van der Waals surface area (Å²) in [7, 11) is 2.42. The zero-order valence-corrected chi connectivity index (χ0v) is 7.42. The van der Waals surface area contributed by atoms with Crippen molar-refractivity contribution in [2.24, 2.45) is 5.16 Å². The van der Waals surface area contributed by atoms with Crippen molar-refractivity contribution in [3.8, 4) is 0 Å². The maximum Gasteiger partial charge on any atom is 0.313 e. The van der Waals surface area contributed by atoms with E-state index in [-0.39, 0.29) is 5.17 Å². The first-order valence-corrected chi connectivity index (χ1v) is 3.36. The molecule has 0 radical (unpaired) electrons. The summed E-state index contributed by atoms with van der Waals surface area (Å²) >= 11 is 5.30. The fourth-order valence-corrected chi connectivity index (χ4v) is 0.543. The molecule has 5 nitrogen and oxygen atoms in total. The van der Waals surface area contributed by atoms with Gasteiger partial charge in [-0.2, -0.15) is 0 Å². The third-order valence-corrected chi connectivity index (χ3v) is 1.21. The van der Waals surface area contributed by atoms with Crippen LogP contribution in [0.25, 0.3) is 0 Å². The smallest absolute Gasteiger partial charge is 0.313 e. The van der Waals surface area contributed by atoms with Gasteiger partial charge in [0.2, 0.25) is 11.0 Å². The summed E-state index contributed by atoms with van der Waals surface area (Å²) in [5, 5.41) is 2.76. The Kier molecular flexibility index (Phi) is 5.03. The summed E-state index contributed by atoms with van der Waals surface area (Å²) in [6.45, 7) is 0. The Bertz CT molecular complexity index is 214. The van der Waals surface area contributed by atoms with Gasteiger partial charge in [-0.1, -0.05) is 16.8 Å². The number of halogens is 1. The maximum atomic E-state index is 10.9. The van der Waals surface area contributed by atoms with Crippen LogP contribution in [0, 0.1) is 0 Å². The van der Waals surface area contributed by atoms with Crippen LogP contribution < -0.4 is 0 Å². The molecule has 0 rings (SSSR count). The molecule has 0 saturated heterocycles. The number of ketones is 1. The van der Waals surface area contributed by atoms with Gasteiger partial charge in [-0.25, -0.2) is 0 Å². The van der Waals surface area contributed by atoms with E-state index in [4.69, 9.17) is 11.6 Å². The zero-order valence-electron chi connectivity index (χ0n) is 6.67. The quantitative estimate of drug-likeness (QED) is 0.279. The zero-order chi connectivity index (χ0) is 9.56. The van der Waals surface area contributed by atoms with Crippen molar-refractivity contribution < 1.29 is 19.2 Å². The van der Waals surface area contributed by atoms with Crippen LogP contribution in [-0.4, -0.2) is 31.1 Å². The van der Waals surface area contributed by atoms with Gasteiger partial charge in [0.25, 0.3) is 0 Å². The van der Waals surface area contributed by atoms with Gasteiger partial charge in [-0.15, -0.1) is 0 Å². The molecule has 12 heavy (non-hydrogen) atoms. The predicted octanol–water partition coefficient (Wildman–Crippen LogP) is 0.317. The first kappa shape index (κ1) is 10.9. The first-order chi connectivity index (χ1) is 5.61. The number of nitrogens with zero attached hydrogens (tertiary/aromatic N) is 1. The van der Waals surface area contributed by atoms with Gasteiger partial charge in [0.05, 0.1) is 7.11 Å². The first-order valence-electron chi connectivity index (χ1n) is 2.98. The third kappa shape index (κ3) is 3.92. The van der Waals surface area contributed by atoms with E-state index in [2.05, 4.69) is 14.7 Å². The lowest BCUT2D eigenvalue weighted by molar-refractivity contribution is -0.142. The Hall–Kier alpha value is -1.10. The maximum absolute atomic E-state index is 10.9. The van der Waals surface area contributed by atoms with Crippen molar-refractivity contribution in [1.29, 1.82) is 0 Å². The van der Waals surface area contributed by atoms with Crippen molar-refractivity contribution >= 4 is 28.5 Å². The number of ether oxygens (including phenoxy) is 1. The van der Waals surface area contributed by atoms with E-state index >= 15 is 0 Å². The molecule has 0 atom stereocenters. The lowest BCUT2D eigenvalue weighted by Gasteiger charge is -1.95. The van der Waals surface area contributed by atoms with Crippen molar-refractivity contribution in [3.63, 3.8) is 0 Å². The van der Waals surface area contributed by atoms with Crippen LogP contribution in [-0.2, 0) is 19.2 Å². The average Bonchev–Trinajstić information content (AvgIpc) is 2.04. The summed E-state index contributed by atoms with van der Waals surface area (Å²) in [6, 6.07) is 0. The van der Waals surface area contributed by atoms with Crippen LogP contribution in [0.4, 0.5) is 0 Å². The van der Waals surface area contributed by atoms with Crippen molar-refractivity contribution in [3.05, 3.63) is 0 Å². The monoisotopic (exact) mass is 193 g/mol. The standard InChI is InChI=1S/C6H8ClNO4/c1-11-5(10)3-4(9)6(7)8-12-2/h3H2,1-2H3/b8-6-. The number of carbonyl (C=O) groups excluding carboxylic acids is 2. The normalized spacial score (nSPS) is 10.8. The highest BCUT2D eigenvalue weighted by atomic mass is 35.5. The van der Waals surface area contributed by atoms with Gasteiger partial charge < -0.3 is 9.57 Å². The molecule has 0 aliphatic carbocycles. The molecule has 68 valence electrons. The Labute approximate surface area is 74.3 Å². The molecule has 0 unspecified atom stereocenters. The minimum atomic E-state index is -0.663. The van der Waals surface area contributed by atoms with Crippen LogP contribution >= 0.6 is 11.6 Å². The molecule has 0 spiro atoms. The fraction of sp³-hybridized carbons (Fsp3) is 0.500. The molecule has 0 aromatic carbocycles. The van der Waals surface area contributed by atoms with Crippen LogP contribution in [0.3, 0.4) is 0 Å². The number of methoxy groups -OCH3 is 1. The number of Topliss-reactive ketones (excluding diaryl/α,β-unsaturated/α-hetero) is 1. The minimum Gasteiger partial charge on any atom is -0.469 e. The molecular weight excluding hydrogens is 186 g/mol. The van der Waals surface area contributed by atoms with E-state index in [0.29, 0.717) is 0 Å². The molecule has 0 heterocycles. The second-order valence-corrected chi connectivity index (χ2v) is 2.10. The number of rotatable bonds is 4.